The summed E-state index contributed by atoms with van der Waals surface area (Å²) in [6.45, 7) is 5.47. The molecule has 0 saturated carbocycles. The molecule has 0 atom stereocenters. The van der Waals surface area contributed by atoms with Crippen molar-refractivity contribution in [2.75, 3.05) is 32.8 Å². The van der Waals surface area contributed by atoms with E-state index in [-0.39, 0.29) is 12.5 Å². The molecule has 2 heterocycles. The van der Waals surface area contributed by atoms with Crippen molar-refractivity contribution < 1.29 is 9.90 Å². The predicted molar refractivity (Wildman–Crippen MR) is 62.8 cm³/mol. The van der Waals surface area contributed by atoms with E-state index in [1.807, 2.05) is 11.8 Å². The fraction of sp³-hybridized carbons (Fsp3) is 0.636. The standard InChI is InChI=1S/C11H18N4O2/c1-9-8-10(13-15(9)6-7-16)11(17)14-4-2-12-3-5-14/h8,12,16H,2-7H2,1H3. The molecule has 1 fully saturated rings. The summed E-state index contributed by atoms with van der Waals surface area (Å²) < 4.78 is 1.66. The number of aliphatic hydroxyl groups is 1. The molecule has 1 aromatic rings. The lowest BCUT2D eigenvalue weighted by Crippen LogP contribution is -2.46. The summed E-state index contributed by atoms with van der Waals surface area (Å²) in [6.07, 6.45) is 0. The lowest BCUT2D eigenvalue weighted by Gasteiger charge is -2.26. The highest BCUT2D eigenvalue weighted by molar-refractivity contribution is 5.92. The first-order chi connectivity index (χ1) is 8.22. The molecule has 0 aromatic carbocycles. The molecule has 0 bridgehead atoms. The summed E-state index contributed by atoms with van der Waals surface area (Å²) in [4.78, 5) is 13.9. The maximum absolute atomic E-state index is 12.1. The monoisotopic (exact) mass is 238 g/mol. The average Bonchev–Trinajstić information content (AvgIpc) is 2.72. The van der Waals surface area contributed by atoms with E-state index in [2.05, 4.69) is 10.4 Å². The largest absolute Gasteiger partial charge is 0.394 e. The number of hydrogen-bond acceptors (Lipinski definition) is 4. The van der Waals surface area contributed by atoms with Gasteiger partial charge in [-0.15, -0.1) is 0 Å². The van der Waals surface area contributed by atoms with Gasteiger partial charge in [0.15, 0.2) is 5.69 Å². The highest BCUT2D eigenvalue weighted by Gasteiger charge is 2.20. The number of nitrogens with one attached hydrogen (secondary N) is 1. The van der Waals surface area contributed by atoms with Gasteiger partial charge in [0, 0.05) is 31.9 Å². The molecule has 0 spiro atoms. The smallest absolute Gasteiger partial charge is 0.274 e. The van der Waals surface area contributed by atoms with Crippen molar-refractivity contribution >= 4 is 5.91 Å². The first-order valence-electron chi connectivity index (χ1n) is 5.87. The van der Waals surface area contributed by atoms with E-state index in [1.54, 1.807) is 10.7 Å². The molecule has 6 nitrogen and oxygen atoms in total. The van der Waals surface area contributed by atoms with Gasteiger partial charge in [-0.1, -0.05) is 0 Å². The molecule has 0 radical (unpaired) electrons. The minimum absolute atomic E-state index is 0.0220. The van der Waals surface area contributed by atoms with Crippen LogP contribution in [0.4, 0.5) is 0 Å². The Hall–Kier alpha value is -1.40. The Balaban J connectivity index is 2.10. The molecule has 6 heteroatoms. The lowest BCUT2D eigenvalue weighted by molar-refractivity contribution is 0.0728. The molecule has 1 aliphatic heterocycles. The van der Waals surface area contributed by atoms with Gasteiger partial charge in [-0.05, 0) is 13.0 Å². The van der Waals surface area contributed by atoms with E-state index in [9.17, 15) is 4.79 Å². The van der Waals surface area contributed by atoms with Crippen LogP contribution in [0.15, 0.2) is 6.07 Å². The molecule has 2 rings (SSSR count). The van der Waals surface area contributed by atoms with Gasteiger partial charge in [-0.2, -0.15) is 5.10 Å². The van der Waals surface area contributed by atoms with Gasteiger partial charge in [0.2, 0.25) is 0 Å². The quantitative estimate of drug-likeness (QED) is 0.725. The zero-order chi connectivity index (χ0) is 12.3. The number of hydrogen-bond donors (Lipinski definition) is 2. The van der Waals surface area contributed by atoms with Crippen LogP contribution in [0.5, 0.6) is 0 Å². The SMILES string of the molecule is Cc1cc(C(=O)N2CCNCC2)nn1CCO. The summed E-state index contributed by atoms with van der Waals surface area (Å²) in [5.41, 5.74) is 1.37. The average molecular weight is 238 g/mol. The normalized spacial score (nSPS) is 16.2. The third-order valence-corrected chi connectivity index (χ3v) is 2.92. The number of piperazine rings is 1. The number of aromatic nitrogens is 2. The molecule has 0 unspecified atom stereocenters. The Kier molecular flexibility index (Phi) is 3.75. The molecule has 0 aliphatic carbocycles. The number of amides is 1. The first kappa shape index (κ1) is 12.1. The van der Waals surface area contributed by atoms with Gasteiger partial charge < -0.3 is 15.3 Å². The van der Waals surface area contributed by atoms with Gasteiger partial charge in [0.25, 0.3) is 5.91 Å². The van der Waals surface area contributed by atoms with Gasteiger partial charge in [0.05, 0.1) is 13.2 Å². The summed E-state index contributed by atoms with van der Waals surface area (Å²) in [7, 11) is 0. The molecule has 1 aliphatic rings. The first-order valence-corrected chi connectivity index (χ1v) is 5.87. The van der Waals surface area contributed by atoms with Crippen LogP contribution in [0.25, 0.3) is 0 Å². The van der Waals surface area contributed by atoms with E-state index >= 15 is 0 Å². The fourth-order valence-electron chi connectivity index (χ4n) is 1.97. The topological polar surface area (TPSA) is 70.4 Å². The number of rotatable bonds is 3. The molecule has 17 heavy (non-hydrogen) atoms. The summed E-state index contributed by atoms with van der Waals surface area (Å²) in [5.74, 6) is -0.0220. The lowest BCUT2D eigenvalue weighted by atomic mass is 10.3. The highest BCUT2D eigenvalue weighted by atomic mass is 16.3. The van der Waals surface area contributed by atoms with Crippen molar-refractivity contribution in [3.05, 3.63) is 17.5 Å². The summed E-state index contributed by atoms with van der Waals surface area (Å²) in [5, 5.41) is 16.3. The van der Waals surface area contributed by atoms with E-state index in [0.29, 0.717) is 12.2 Å². The molecule has 1 amide bonds. The van der Waals surface area contributed by atoms with Crippen molar-refractivity contribution in [1.82, 2.24) is 20.0 Å². The minimum Gasteiger partial charge on any atom is -0.394 e. The second-order valence-electron chi connectivity index (χ2n) is 4.16. The predicted octanol–water partition coefficient (Wildman–Crippen LogP) is -0.771. The van der Waals surface area contributed by atoms with E-state index < -0.39 is 0 Å². The van der Waals surface area contributed by atoms with Crippen molar-refractivity contribution in [3.63, 3.8) is 0 Å². The van der Waals surface area contributed by atoms with Crippen LogP contribution in [0.3, 0.4) is 0 Å². The van der Waals surface area contributed by atoms with Crippen LogP contribution < -0.4 is 5.32 Å². The van der Waals surface area contributed by atoms with E-state index in [0.717, 1.165) is 31.9 Å². The third-order valence-electron chi connectivity index (χ3n) is 2.92. The van der Waals surface area contributed by atoms with Gasteiger partial charge >= 0.3 is 0 Å². The maximum Gasteiger partial charge on any atom is 0.274 e. The van der Waals surface area contributed by atoms with Crippen molar-refractivity contribution in [3.8, 4) is 0 Å². The number of nitrogens with zero attached hydrogens (tertiary/aromatic N) is 3. The van der Waals surface area contributed by atoms with Crippen LogP contribution >= 0.6 is 0 Å². The Morgan fingerprint density at radius 3 is 2.88 bits per heavy atom. The van der Waals surface area contributed by atoms with Gasteiger partial charge in [-0.25, -0.2) is 0 Å². The van der Waals surface area contributed by atoms with Gasteiger partial charge in [-0.3, -0.25) is 9.48 Å². The van der Waals surface area contributed by atoms with E-state index in [1.165, 1.54) is 0 Å². The number of carbonyl (C=O) groups excluding carboxylic acids is 1. The molecule has 1 aromatic heterocycles. The summed E-state index contributed by atoms with van der Waals surface area (Å²) >= 11 is 0. The molecule has 94 valence electrons. The third kappa shape index (κ3) is 2.65. The minimum atomic E-state index is -0.0220. The van der Waals surface area contributed by atoms with Crippen LogP contribution in [-0.2, 0) is 6.54 Å². The molecule has 2 N–H and O–H groups in total. The highest BCUT2D eigenvalue weighted by Crippen LogP contribution is 2.07. The van der Waals surface area contributed by atoms with Gasteiger partial charge in [0.1, 0.15) is 0 Å². The van der Waals surface area contributed by atoms with Crippen LogP contribution in [0.1, 0.15) is 16.2 Å². The zero-order valence-corrected chi connectivity index (χ0v) is 10.0. The number of aryl methyl sites for hydroxylation is 1. The van der Waals surface area contributed by atoms with Crippen molar-refractivity contribution in [1.29, 1.82) is 0 Å². The maximum atomic E-state index is 12.1. The molecule has 1 saturated heterocycles. The van der Waals surface area contributed by atoms with Crippen molar-refractivity contribution in [2.45, 2.75) is 13.5 Å². The molecular weight excluding hydrogens is 220 g/mol. The van der Waals surface area contributed by atoms with Crippen LogP contribution in [0.2, 0.25) is 0 Å². The Labute approximate surface area is 100 Å². The summed E-state index contributed by atoms with van der Waals surface area (Å²) in [6, 6.07) is 1.78. The number of aliphatic hydroxyl groups excluding tert-OH is 1. The zero-order valence-electron chi connectivity index (χ0n) is 10.0. The van der Waals surface area contributed by atoms with E-state index in [4.69, 9.17) is 5.11 Å². The number of carbonyl (C=O) groups is 1. The molecular formula is C11H18N4O2. The second-order valence-corrected chi connectivity index (χ2v) is 4.16. The Bertz CT molecular complexity index is 396. The Morgan fingerprint density at radius 1 is 1.53 bits per heavy atom. The fourth-order valence-corrected chi connectivity index (χ4v) is 1.97. The van der Waals surface area contributed by atoms with Crippen LogP contribution in [0, 0.1) is 6.92 Å². The van der Waals surface area contributed by atoms with Crippen molar-refractivity contribution in [2.24, 2.45) is 0 Å². The Morgan fingerprint density at radius 2 is 2.24 bits per heavy atom. The second kappa shape index (κ2) is 5.29. The van der Waals surface area contributed by atoms with Crippen LogP contribution in [-0.4, -0.2) is 58.5 Å².